The summed E-state index contributed by atoms with van der Waals surface area (Å²) in [5.74, 6) is 6.28. The van der Waals surface area contributed by atoms with Crippen molar-refractivity contribution in [3.63, 3.8) is 0 Å². The van der Waals surface area contributed by atoms with Gasteiger partial charge in [0.25, 0.3) is 20.2 Å². The number of benzene rings is 2. The van der Waals surface area contributed by atoms with Crippen LogP contribution in [0.1, 0.15) is 30.4 Å². The van der Waals surface area contributed by atoms with Crippen molar-refractivity contribution >= 4 is 25.9 Å². The molecular weight excluding hydrogens is 490 g/mol. The van der Waals surface area contributed by atoms with Gasteiger partial charge in [-0.05, 0) is 63.4 Å². The maximum Gasteiger partial charge on any atom is 0.294 e. The molecule has 0 bridgehead atoms. The van der Waals surface area contributed by atoms with Crippen LogP contribution in [0.3, 0.4) is 0 Å². The molecule has 1 aliphatic heterocycles. The van der Waals surface area contributed by atoms with E-state index in [1.54, 1.807) is 30.5 Å². The number of aryl methyl sites for hydroxylation is 2. The molecule has 190 valence electrons. The molecule has 35 heavy (non-hydrogen) atoms. The van der Waals surface area contributed by atoms with Crippen molar-refractivity contribution in [3.8, 4) is 0 Å². The smallest absolute Gasteiger partial charge is 0.282 e. The molecule has 9 nitrogen and oxygen atoms in total. The lowest BCUT2D eigenvalue weighted by Crippen LogP contribution is -2.58. The minimum absolute atomic E-state index is 0.0666. The maximum absolute atomic E-state index is 10.5. The molecule has 4 rings (SSSR count). The molecule has 0 atom stereocenters. The molecule has 1 aliphatic rings. The number of aromatic nitrogens is 1. The van der Waals surface area contributed by atoms with Crippen molar-refractivity contribution in [3.05, 3.63) is 84.2 Å². The zero-order chi connectivity index (χ0) is 26.1. The van der Waals surface area contributed by atoms with Gasteiger partial charge in [-0.1, -0.05) is 35.4 Å². The minimum atomic E-state index is -4.02. The van der Waals surface area contributed by atoms with Gasteiger partial charge in [0.15, 0.2) is 5.69 Å². The van der Waals surface area contributed by atoms with Crippen molar-refractivity contribution in [2.24, 2.45) is 5.84 Å². The Hall–Kier alpha value is -2.67. The Balaban J connectivity index is 0.000000186. The van der Waals surface area contributed by atoms with Crippen LogP contribution in [0.25, 0.3) is 0 Å². The largest absolute Gasteiger partial charge is 0.294 e. The molecule has 3 aromatic rings. The van der Waals surface area contributed by atoms with Gasteiger partial charge in [-0.25, -0.2) is 4.59 Å². The summed E-state index contributed by atoms with van der Waals surface area (Å²) in [5.41, 5.74) is 3.05. The van der Waals surface area contributed by atoms with Crippen LogP contribution in [-0.2, 0) is 20.2 Å². The summed E-state index contributed by atoms with van der Waals surface area (Å²) in [5, 5.41) is 0. The monoisotopic (exact) mass is 522 g/mol. The van der Waals surface area contributed by atoms with Gasteiger partial charge in [-0.2, -0.15) is 22.7 Å². The van der Waals surface area contributed by atoms with Gasteiger partial charge in [0, 0.05) is 12.3 Å². The van der Waals surface area contributed by atoms with E-state index in [4.69, 9.17) is 14.9 Å². The summed E-state index contributed by atoms with van der Waals surface area (Å²) >= 11 is 0. The molecule has 1 fully saturated rings. The second kappa shape index (κ2) is 12.3. The number of rotatable bonds is 3. The molecule has 0 spiro atoms. The summed E-state index contributed by atoms with van der Waals surface area (Å²) in [6.07, 6.45) is 7.44. The van der Waals surface area contributed by atoms with Gasteiger partial charge in [-0.15, -0.1) is 0 Å². The van der Waals surface area contributed by atoms with E-state index in [1.165, 1.54) is 43.5 Å². The first-order valence-electron chi connectivity index (χ1n) is 11.0. The fraction of sp³-hybridized carbons (Fsp3) is 0.292. The number of hydrogen-bond acceptors (Lipinski definition) is 6. The molecule has 1 aromatic heterocycles. The van der Waals surface area contributed by atoms with Gasteiger partial charge in [-0.3, -0.25) is 14.1 Å². The summed E-state index contributed by atoms with van der Waals surface area (Å²) in [6.45, 7) is 5.78. The topological polar surface area (TPSA) is 148 Å². The van der Waals surface area contributed by atoms with Crippen LogP contribution in [-0.4, -0.2) is 44.0 Å². The van der Waals surface area contributed by atoms with E-state index in [1.807, 2.05) is 26.1 Å². The lowest BCUT2D eigenvalue weighted by atomic mass is 10.1. The average molecular weight is 523 g/mol. The van der Waals surface area contributed by atoms with Gasteiger partial charge >= 0.3 is 0 Å². The Morgan fingerprint density at radius 1 is 0.743 bits per heavy atom. The Bertz CT molecular complexity index is 1200. The number of hydrogen-bond donors (Lipinski definition) is 3. The number of quaternary nitrogens is 1. The Kier molecular flexibility index (Phi) is 10.1. The van der Waals surface area contributed by atoms with Crippen molar-refractivity contribution < 1.29 is 25.9 Å². The summed E-state index contributed by atoms with van der Waals surface area (Å²) in [7, 11) is -8.04. The minimum Gasteiger partial charge on any atom is -0.282 e. The molecule has 0 radical (unpaired) electrons. The third-order valence-corrected chi connectivity index (χ3v) is 7.15. The molecule has 0 aliphatic carbocycles. The van der Waals surface area contributed by atoms with Crippen LogP contribution >= 0.6 is 0 Å². The maximum atomic E-state index is 10.5. The van der Waals surface area contributed by atoms with E-state index in [-0.39, 0.29) is 9.79 Å². The van der Waals surface area contributed by atoms with Crippen molar-refractivity contribution in [2.45, 2.75) is 42.9 Å². The third-order valence-electron chi connectivity index (χ3n) is 5.41. The highest BCUT2D eigenvalue weighted by molar-refractivity contribution is 7.86. The molecule has 0 saturated carbocycles. The van der Waals surface area contributed by atoms with E-state index in [9.17, 15) is 16.8 Å². The fourth-order valence-electron chi connectivity index (χ4n) is 3.37. The van der Waals surface area contributed by atoms with Crippen LogP contribution in [0.4, 0.5) is 5.69 Å². The predicted octanol–water partition coefficient (Wildman–Crippen LogP) is 3.93. The standard InChI is InChI=1S/C10H16N3.2C7H8O3S/c11-13(7-2-1-3-8-13)10-5-4-6-12-9-10;2*1-6-2-4-7(5-3-6)11(8,9)10/h4-6,9H,1-3,7-8,11H2;2*2-5H,1H3,(H,8,9,10)/q+1;;. The quantitative estimate of drug-likeness (QED) is 0.266. The van der Waals surface area contributed by atoms with Crippen LogP contribution in [0.5, 0.6) is 0 Å². The first-order chi connectivity index (χ1) is 16.3. The SMILES string of the molecule is Cc1ccc(S(=O)(=O)O)cc1.Cc1ccc(S(=O)(=O)O)cc1.N[N+]1(c2cccnc2)CCCCC1. The number of nitrogens with two attached hydrogens (primary N) is 1. The Labute approximate surface area is 207 Å². The van der Waals surface area contributed by atoms with Crippen LogP contribution in [0, 0.1) is 13.8 Å². The number of pyridine rings is 1. The van der Waals surface area contributed by atoms with Crippen LogP contribution in [0.2, 0.25) is 0 Å². The molecule has 4 N–H and O–H groups in total. The Morgan fingerprint density at radius 3 is 1.51 bits per heavy atom. The van der Waals surface area contributed by atoms with E-state index in [0.717, 1.165) is 29.9 Å². The van der Waals surface area contributed by atoms with Crippen LogP contribution in [0.15, 0.2) is 82.8 Å². The molecule has 1 saturated heterocycles. The van der Waals surface area contributed by atoms with Gasteiger partial charge < -0.3 is 0 Å². The first-order valence-corrected chi connectivity index (χ1v) is 13.8. The summed E-state index contributed by atoms with van der Waals surface area (Å²) in [6, 6.07) is 16.0. The molecule has 2 aromatic carbocycles. The van der Waals surface area contributed by atoms with E-state index in [2.05, 4.69) is 11.1 Å². The zero-order valence-corrected chi connectivity index (χ0v) is 21.4. The van der Waals surface area contributed by atoms with E-state index < -0.39 is 20.2 Å². The predicted molar refractivity (Wildman–Crippen MR) is 136 cm³/mol. The van der Waals surface area contributed by atoms with Gasteiger partial charge in [0.05, 0.1) is 16.0 Å². The van der Waals surface area contributed by atoms with Gasteiger partial charge in [0.2, 0.25) is 0 Å². The fourth-order valence-corrected chi connectivity index (χ4v) is 4.33. The molecule has 0 unspecified atom stereocenters. The highest BCUT2D eigenvalue weighted by atomic mass is 32.2. The van der Waals surface area contributed by atoms with Crippen LogP contribution < -0.4 is 10.4 Å². The second-order valence-electron chi connectivity index (χ2n) is 8.33. The van der Waals surface area contributed by atoms with Crippen molar-refractivity contribution in [1.82, 2.24) is 9.58 Å². The second-order valence-corrected chi connectivity index (χ2v) is 11.2. The van der Waals surface area contributed by atoms with Crippen molar-refractivity contribution in [1.29, 1.82) is 0 Å². The normalized spacial score (nSPS) is 15.1. The number of nitrogens with zero attached hydrogens (tertiary/aromatic N) is 2. The Morgan fingerprint density at radius 2 is 1.17 bits per heavy atom. The summed E-state index contributed by atoms with van der Waals surface area (Å²) < 4.78 is 59.7. The average Bonchev–Trinajstić information content (AvgIpc) is 2.80. The first kappa shape index (κ1) is 28.6. The highest BCUT2D eigenvalue weighted by Crippen LogP contribution is 2.22. The molecule has 11 heteroatoms. The lowest BCUT2D eigenvalue weighted by Gasteiger charge is -2.35. The molecule has 0 amide bonds. The number of piperidine rings is 1. The molecule has 2 heterocycles. The van der Waals surface area contributed by atoms with E-state index in [0.29, 0.717) is 4.59 Å². The zero-order valence-electron chi connectivity index (χ0n) is 19.8. The summed E-state index contributed by atoms with van der Waals surface area (Å²) in [4.78, 5) is 3.98. The van der Waals surface area contributed by atoms with E-state index >= 15 is 0 Å². The highest BCUT2D eigenvalue weighted by Gasteiger charge is 2.28. The molecular formula is C24H32N3O6S2+. The lowest BCUT2D eigenvalue weighted by molar-refractivity contribution is 0.234. The van der Waals surface area contributed by atoms with Gasteiger partial charge in [0.1, 0.15) is 13.1 Å². The van der Waals surface area contributed by atoms with Crippen molar-refractivity contribution in [2.75, 3.05) is 13.1 Å². The third kappa shape index (κ3) is 9.48.